The van der Waals surface area contributed by atoms with Crippen molar-refractivity contribution in [3.8, 4) is 0 Å². The van der Waals surface area contributed by atoms with Gasteiger partial charge in [0.15, 0.2) is 11.0 Å². The number of hydrogen-bond acceptors (Lipinski definition) is 2. The first-order chi connectivity index (χ1) is 10.1. The average molecular weight is 313 g/mol. The number of aromatic nitrogens is 1. The standard InChI is InChI=1S/C16H18F3NO2/c1-11(2)9-15(22,16(17,18)19)10-20-8-7-14(21)12-5-3-4-6-13(12)20/h3-8,11,22H,9-10H2,1-2H3. The fourth-order valence-electron chi connectivity index (χ4n) is 2.63. The summed E-state index contributed by atoms with van der Waals surface area (Å²) in [6.45, 7) is 2.61. The molecule has 0 radical (unpaired) electrons. The van der Waals surface area contributed by atoms with E-state index in [0.29, 0.717) is 10.9 Å². The second kappa shape index (κ2) is 5.76. The Balaban J connectivity index is 2.52. The van der Waals surface area contributed by atoms with Crippen molar-refractivity contribution in [3.05, 3.63) is 46.8 Å². The summed E-state index contributed by atoms with van der Waals surface area (Å²) in [7, 11) is 0. The van der Waals surface area contributed by atoms with E-state index in [1.54, 1.807) is 38.1 Å². The first-order valence-corrected chi connectivity index (χ1v) is 7.01. The van der Waals surface area contributed by atoms with E-state index in [0.717, 1.165) is 0 Å². The molecule has 120 valence electrons. The van der Waals surface area contributed by atoms with Crippen molar-refractivity contribution in [2.75, 3.05) is 0 Å². The van der Waals surface area contributed by atoms with Crippen LogP contribution in [0.2, 0.25) is 0 Å². The SMILES string of the molecule is CC(C)CC(O)(Cn1ccc(=O)c2ccccc21)C(F)(F)F. The Kier molecular flexibility index (Phi) is 4.33. The van der Waals surface area contributed by atoms with Crippen LogP contribution in [-0.4, -0.2) is 21.5 Å². The van der Waals surface area contributed by atoms with Gasteiger partial charge in [-0.05, 0) is 24.5 Å². The summed E-state index contributed by atoms with van der Waals surface area (Å²) < 4.78 is 41.2. The zero-order chi connectivity index (χ0) is 16.5. The molecule has 0 fully saturated rings. The quantitative estimate of drug-likeness (QED) is 0.940. The van der Waals surface area contributed by atoms with Crippen LogP contribution in [0.15, 0.2) is 41.3 Å². The highest BCUT2D eigenvalue weighted by atomic mass is 19.4. The van der Waals surface area contributed by atoms with Crippen molar-refractivity contribution in [1.82, 2.24) is 4.57 Å². The minimum Gasteiger partial charge on any atom is -0.379 e. The van der Waals surface area contributed by atoms with Crippen LogP contribution in [0.1, 0.15) is 20.3 Å². The van der Waals surface area contributed by atoms with Crippen molar-refractivity contribution in [2.45, 2.75) is 38.6 Å². The highest BCUT2D eigenvalue weighted by Gasteiger charge is 2.53. The highest BCUT2D eigenvalue weighted by molar-refractivity contribution is 5.78. The second-order valence-electron chi connectivity index (χ2n) is 5.95. The molecule has 0 aliphatic heterocycles. The molecule has 6 heteroatoms. The lowest BCUT2D eigenvalue weighted by atomic mass is 9.91. The van der Waals surface area contributed by atoms with Crippen LogP contribution in [0.5, 0.6) is 0 Å². The molecule has 0 aliphatic carbocycles. The Bertz CT molecular complexity index is 721. The zero-order valence-electron chi connectivity index (χ0n) is 12.4. The van der Waals surface area contributed by atoms with Gasteiger partial charge in [-0.25, -0.2) is 0 Å². The molecule has 0 saturated heterocycles. The maximum Gasteiger partial charge on any atom is 0.418 e. The Hall–Kier alpha value is -1.82. The van der Waals surface area contributed by atoms with Crippen LogP contribution >= 0.6 is 0 Å². The normalized spacial score (nSPS) is 15.2. The van der Waals surface area contributed by atoms with Crippen molar-refractivity contribution >= 4 is 10.9 Å². The van der Waals surface area contributed by atoms with Gasteiger partial charge in [-0.2, -0.15) is 13.2 Å². The van der Waals surface area contributed by atoms with Gasteiger partial charge >= 0.3 is 6.18 Å². The van der Waals surface area contributed by atoms with Crippen LogP contribution in [0.25, 0.3) is 10.9 Å². The van der Waals surface area contributed by atoms with Crippen molar-refractivity contribution in [2.24, 2.45) is 5.92 Å². The van der Waals surface area contributed by atoms with Crippen LogP contribution in [0, 0.1) is 5.92 Å². The zero-order valence-corrected chi connectivity index (χ0v) is 12.4. The third-order valence-electron chi connectivity index (χ3n) is 3.59. The number of alkyl halides is 3. The molecule has 1 atom stereocenters. The molecule has 22 heavy (non-hydrogen) atoms. The Labute approximate surface area is 126 Å². The molecule has 0 amide bonds. The lowest BCUT2D eigenvalue weighted by Gasteiger charge is -2.33. The van der Waals surface area contributed by atoms with E-state index in [1.807, 2.05) is 0 Å². The van der Waals surface area contributed by atoms with Crippen LogP contribution in [-0.2, 0) is 6.54 Å². The lowest BCUT2D eigenvalue weighted by Crippen LogP contribution is -2.49. The smallest absolute Gasteiger partial charge is 0.379 e. The largest absolute Gasteiger partial charge is 0.418 e. The predicted octanol–water partition coefficient (Wildman–Crippen LogP) is 3.34. The van der Waals surface area contributed by atoms with E-state index in [2.05, 4.69) is 0 Å². The van der Waals surface area contributed by atoms with Gasteiger partial charge in [-0.3, -0.25) is 4.79 Å². The number of pyridine rings is 1. The second-order valence-corrected chi connectivity index (χ2v) is 5.95. The molecule has 1 heterocycles. The Morgan fingerprint density at radius 1 is 1.18 bits per heavy atom. The van der Waals surface area contributed by atoms with E-state index in [4.69, 9.17) is 0 Å². The summed E-state index contributed by atoms with van der Waals surface area (Å²) >= 11 is 0. The molecule has 1 N–H and O–H groups in total. The highest BCUT2D eigenvalue weighted by Crippen LogP contribution is 2.37. The number of fused-ring (bicyclic) bond motifs is 1. The maximum atomic E-state index is 13.3. The molecule has 2 aromatic rings. The molecule has 1 unspecified atom stereocenters. The summed E-state index contributed by atoms with van der Waals surface area (Å²) in [6.07, 6.45) is -3.86. The minimum atomic E-state index is -4.75. The molecule has 0 saturated carbocycles. The van der Waals surface area contributed by atoms with Gasteiger partial charge in [0, 0.05) is 17.6 Å². The first-order valence-electron chi connectivity index (χ1n) is 7.01. The number of halogens is 3. The summed E-state index contributed by atoms with van der Waals surface area (Å²) in [4.78, 5) is 11.8. The fraction of sp³-hybridized carbons (Fsp3) is 0.438. The number of rotatable bonds is 4. The van der Waals surface area contributed by atoms with Crippen LogP contribution in [0.3, 0.4) is 0 Å². The van der Waals surface area contributed by atoms with E-state index in [9.17, 15) is 23.1 Å². The maximum absolute atomic E-state index is 13.3. The topological polar surface area (TPSA) is 42.2 Å². The van der Waals surface area contributed by atoms with E-state index < -0.39 is 24.7 Å². The molecule has 2 rings (SSSR count). The molecule has 1 aromatic heterocycles. The van der Waals surface area contributed by atoms with E-state index in [1.165, 1.54) is 16.8 Å². The number of para-hydroxylation sites is 1. The summed E-state index contributed by atoms with van der Waals surface area (Å²) in [5, 5.41) is 10.5. The molecule has 0 aliphatic rings. The summed E-state index contributed by atoms with van der Waals surface area (Å²) in [5.74, 6) is -0.322. The first kappa shape index (κ1) is 16.5. The van der Waals surface area contributed by atoms with Crippen molar-refractivity contribution < 1.29 is 18.3 Å². The number of benzene rings is 1. The molecule has 0 spiro atoms. The van der Waals surface area contributed by atoms with Gasteiger partial charge in [0.05, 0.1) is 12.1 Å². The van der Waals surface area contributed by atoms with Gasteiger partial charge in [-0.1, -0.05) is 26.0 Å². The Morgan fingerprint density at radius 2 is 1.82 bits per heavy atom. The van der Waals surface area contributed by atoms with Crippen LogP contribution in [0.4, 0.5) is 13.2 Å². The number of nitrogens with zero attached hydrogens (tertiary/aromatic N) is 1. The summed E-state index contributed by atoms with van der Waals surface area (Å²) in [6, 6.07) is 7.65. The number of aliphatic hydroxyl groups is 1. The monoisotopic (exact) mass is 313 g/mol. The average Bonchev–Trinajstić information content (AvgIpc) is 2.40. The van der Waals surface area contributed by atoms with E-state index >= 15 is 0 Å². The molecule has 3 nitrogen and oxygen atoms in total. The minimum absolute atomic E-state index is 0.258. The third-order valence-corrected chi connectivity index (χ3v) is 3.59. The van der Waals surface area contributed by atoms with Gasteiger partial charge in [0.2, 0.25) is 0 Å². The van der Waals surface area contributed by atoms with Crippen molar-refractivity contribution in [3.63, 3.8) is 0 Å². The predicted molar refractivity (Wildman–Crippen MR) is 78.7 cm³/mol. The summed E-state index contributed by atoms with van der Waals surface area (Å²) in [5.41, 5.74) is -2.72. The van der Waals surface area contributed by atoms with Gasteiger partial charge in [-0.15, -0.1) is 0 Å². The van der Waals surface area contributed by atoms with E-state index in [-0.39, 0.29) is 11.3 Å². The molecular weight excluding hydrogens is 295 g/mol. The third kappa shape index (κ3) is 3.16. The molecular formula is C16H18F3NO2. The molecule has 0 bridgehead atoms. The van der Waals surface area contributed by atoms with Crippen molar-refractivity contribution in [1.29, 1.82) is 0 Å². The Morgan fingerprint density at radius 3 is 2.41 bits per heavy atom. The van der Waals surface area contributed by atoms with Gasteiger partial charge < -0.3 is 9.67 Å². The molecule has 1 aromatic carbocycles. The fourth-order valence-corrected chi connectivity index (χ4v) is 2.63. The van der Waals surface area contributed by atoms with Gasteiger partial charge in [0.1, 0.15) is 0 Å². The number of hydrogen-bond donors (Lipinski definition) is 1. The van der Waals surface area contributed by atoms with Gasteiger partial charge in [0.25, 0.3) is 0 Å². The van der Waals surface area contributed by atoms with Crippen LogP contribution < -0.4 is 5.43 Å². The lowest BCUT2D eigenvalue weighted by molar-refractivity contribution is -0.270.